The Balaban J connectivity index is 1.95. The van der Waals surface area contributed by atoms with Crippen LogP contribution in [-0.4, -0.2) is 25.2 Å². The van der Waals surface area contributed by atoms with Gasteiger partial charge >= 0.3 is 0 Å². The van der Waals surface area contributed by atoms with Gasteiger partial charge in [-0.3, -0.25) is 4.98 Å². The van der Waals surface area contributed by atoms with Crippen molar-refractivity contribution in [1.29, 1.82) is 0 Å². The predicted octanol–water partition coefficient (Wildman–Crippen LogP) is 2.51. The summed E-state index contributed by atoms with van der Waals surface area (Å²) in [6.07, 6.45) is 1.97. The first kappa shape index (κ1) is 13.9. The number of ether oxygens (including phenoxy) is 1. The SMILES string of the molecule is CNCc1cnc(C)cc1N1CCOc2ccccc2C1. The zero-order valence-electron chi connectivity index (χ0n) is 12.6. The molecule has 0 fully saturated rings. The highest BCUT2D eigenvalue weighted by atomic mass is 16.5. The molecule has 1 aromatic carbocycles. The van der Waals surface area contributed by atoms with Gasteiger partial charge in [0.25, 0.3) is 0 Å². The van der Waals surface area contributed by atoms with Crippen molar-refractivity contribution in [3.63, 3.8) is 0 Å². The molecular formula is C17H21N3O. The van der Waals surface area contributed by atoms with Gasteiger partial charge in [0.1, 0.15) is 12.4 Å². The third-order valence-corrected chi connectivity index (χ3v) is 3.76. The molecule has 4 heteroatoms. The van der Waals surface area contributed by atoms with Gasteiger partial charge in [-0.1, -0.05) is 18.2 Å². The number of para-hydroxylation sites is 1. The zero-order chi connectivity index (χ0) is 14.7. The Hall–Kier alpha value is -2.07. The molecule has 0 saturated carbocycles. The van der Waals surface area contributed by atoms with E-state index in [-0.39, 0.29) is 0 Å². The van der Waals surface area contributed by atoms with Crippen LogP contribution in [0.4, 0.5) is 5.69 Å². The van der Waals surface area contributed by atoms with E-state index < -0.39 is 0 Å². The molecule has 4 nitrogen and oxygen atoms in total. The molecule has 0 atom stereocenters. The Morgan fingerprint density at radius 1 is 1.33 bits per heavy atom. The second-order valence-corrected chi connectivity index (χ2v) is 5.36. The van der Waals surface area contributed by atoms with E-state index in [1.54, 1.807) is 0 Å². The number of anilines is 1. The topological polar surface area (TPSA) is 37.4 Å². The Morgan fingerprint density at radius 3 is 3.05 bits per heavy atom. The van der Waals surface area contributed by atoms with E-state index in [2.05, 4.69) is 33.4 Å². The summed E-state index contributed by atoms with van der Waals surface area (Å²) >= 11 is 0. The average molecular weight is 283 g/mol. The summed E-state index contributed by atoms with van der Waals surface area (Å²) in [5.41, 5.74) is 4.75. The molecular weight excluding hydrogens is 262 g/mol. The Morgan fingerprint density at radius 2 is 2.19 bits per heavy atom. The van der Waals surface area contributed by atoms with Crippen molar-refractivity contribution < 1.29 is 4.74 Å². The van der Waals surface area contributed by atoms with Gasteiger partial charge in [0.05, 0.1) is 6.54 Å². The molecule has 0 amide bonds. The average Bonchev–Trinajstić information content (AvgIpc) is 2.71. The van der Waals surface area contributed by atoms with Gasteiger partial charge in [-0.15, -0.1) is 0 Å². The van der Waals surface area contributed by atoms with Crippen molar-refractivity contribution in [2.24, 2.45) is 0 Å². The van der Waals surface area contributed by atoms with E-state index in [1.165, 1.54) is 16.8 Å². The van der Waals surface area contributed by atoms with Crippen LogP contribution in [0.25, 0.3) is 0 Å². The summed E-state index contributed by atoms with van der Waals surface area (Å²) in [5.74, 6) is 1.00. The van der Waals surface area contributed by atoms with Crippen molar-refractivity contribution >= 4 is 5.69 Å². The molecule has 0 saturated heterocycles. The van der Waals surface area contributed by atoms with E-state index >= 15 is 0 Å². The largest absolute Gasteiger partial charge is 0.491 e. The number of nitrogens with zero attached hydrogens (tertiary/aromatic N) is 2. The normalized spacial score (nSPS) is 14.3. The molecule has 0 unspecified atom stereocenters. The molecule has 1 aliphatic heterocycles. The van der Waals surface area contributed by atoms with Gasteiger partial charge in [0.2, 0.25) is 0 Å². The van der Waals surface area contributed by atoms with Crippen LogP contribution in [0.5, 0.6) is 5.75 Å². The summed E-state index contributed by atoms with van der Waals surface area (Å²) in [4.78, 5) is 6.81. The first-order chi connectivity index (χ1) is 10.3. The van der Waals surface area contributed by atoms with E-state index in [1.807, 2.05) is 32.3 Å². The Kier molecular flexibility index (Phi) is 4.06. The fourth-order valence-electron chi connectivity index (χ4n) is 2.73. The van der Waals surface area contributed by atoms with Crippen LogP contribution in [0.3, 0.4) is 0 Å². The quantitative estimate of drug-likeness (QED) is 0.939. The molecule has 0 radical (unpaired) electrons. The lowest BCUT2D eigenvalue weighted by Gasteiger charge is -2.25. The molecule has 2 heterocycles. The fourth-order valence-corrected chi connectivity index (χ4v) is 2.73. The summed E-state index contributed by atoms with van der Waals surface area (Å²) in [6.45, 7) is 5.32. The molecule has 110 valence electrons. The van der Waals surface area contributed by atoms with Crippen LogP contribution in [-0.2, 0) is 13.1 Å². The van der Waals surface area contributed by atoms with Crippen LogP contribution in [0.1, 0.15) is 16.8 Å². The number of aromatic nitrogens is 1. The summed E-state index contributed by atoms with van der Waals surface area (Å²) in [5, 5.41) is 3.22. The van der Waals surface area contributed by atoms with E-state index in [4.69, 9.17) is 4.74 Å². The van der Waals surface area contributed by atoms with Crippen molar-refractivity contribution in [3.8, 4) is 5.75 Å². The third kappa shape index (κ3) is 3.00. The van der Waals surface area contributed by atoms with Crippen molar-refractivity contribution in [2.45, 2.75) is 20.0 Å². The minimum atomic E-state index is 0.706. The van der Waals surface area contributed by atoms with Crippen LogP contribution >= 0.6 is 0 Å². The minimum absolute atomic E-state index is 0.706. The number of fused-ring (bicyclic) bond motifs is 1. The predicted molar refractivity (Wildman–Crippen MR) is 84.7 cm³/mol. The lowest BCUT2D eigenvalue weighted by Crippen LogP contribution is -2.27. The van der Waals surface area contributed by atoms with E-state index in [0.29, 0.717) is 6.61 Å². The van der Waals surface area contributed by atoms with E-state index in [0.717, 1.165) is 31.1 Å². The standard InChI is InChI=1S/C17H21N3O/c1-13-9-16(15(10-18-2)11-19-13)20-7-8-21-17-6-4-3-5-14(17)12-20/h3-6,9,11,18H,7-8,10,12H2,1-2H3. The van der Waals surface area contributed by atoms with Crippen molar-refractivity contribution in [2.75, 3.05) is 25.1 Å². The third-order valence-electron chi connectivity index (χ3n) is 3.76. The van der Waals surface area contributed by atoms with Gasteiger partial charge in [-0.2, -0.15) is 0 Å². The molecule has 1 aliphatic rings. The maximum absolute atomic E-state index is 5.86. The molecule has 2 aromatic rings. The number of pyridine rings is 1. The molecule has 0 spiro atoms. The molecule has 1 N–H and O–H groups in total. The highest BCUT2D eigenvalue weighted by Gasteiger charge is 2.18. The molecule has 0 bridgehead atoms. The number of hydrogen-bond donors (Lipinski definition) is 1. The number of aryl methyl sites for hydroxylation is 1. The van der Waals surface area contributed by atoms with Gasteiger partial charge in [-0.25, -0.2) is 0 Å². The van der Waals surface area contributed by atoms with Gasteiger partial charge in [0, 0.05) is 41.8 Å². The first-order valence-corrected chi connectivity index (χ1v) is 7.33. The minimum Gasteiger partial charge on any atom is -0.491 e. The molecule has 0 aliphatic carbocycles. The maximum atomic E-state index is 5.86. The highest BCUT2D eigenvalue weighted by molar-refractivity contribution is 5.55. The van der Waals surface area contributed by atoms with E-state index in [9.17, 15) is 0 Å². The maximum Gasteiger partial charge on any atom is 0.124 e. The number of rotatable bonds is 3. The smallest absolute Gasteiger partial charge is 0.124 e. The molecule has 1 aromatic heterocycles. The van der Waals surface area contributed by atoms with Crippen molar-refractivity contribution in [3.05, 3.63) is 53.3 Å². The lowest BCUT2D eigenvalue weighted by molar-refractivity contribution is 0.331. The summed E-state index contributed by atoms with van der Waals surface area (Å²) in [7, 11) is 1.96. The van der Waals surface area contributed by atoms with Gasteiger partial charge in [0.15, 0.2) is 0 Å². The summed E-state index contributed by atoms with van der Waals surface area (Å²) in [6, 6.07) is 10.4. The summed E-state index contributed by atoms with van der Waals surface area (Å²) < 4.78 is 5.86. The number of hydrogen-bond acceptors (Lipinski definition) is 4. The van der Waals surface area contributed by atoms with Crippen LogP contribution in [0.15, 0.2) is 36.5 Å². The molecule has 3 rings (SSSR count). The van der Waals surface area contributed by atoms with Gasteiger partial charge < -0.3 is 15.0 Å². The Labute approximate surface area is 125 Å². The number of nitrogens with one attached hydrogen (secondary N) is 1. The monoisotopic (exact) mass is 283 g/mol. The van der Waals surface area contributed by atoms with Crippen LogP contribution in [0, 0.1) is 6.92 Å². The zero-order valence-corrected chi connectivity index (χ0v) is 12.6. The first-order valence-electron chi connectivity index (χ1n) is 7.33. The second-order valence-electron chi connectivity index (χ2n) is 5.36. The fraction of sp³-hybridized carbons (Fsp3) is 0.353. The number of benzene rings is 1. The van der Waals surface area contributed by atoms with Crippen molar-refractivity contribution in [1.82, 2.24) is 10.3 Å². The molecule has 21 heavy (non-hydrogen) atoms. The lowest BCUT2D eigenvalue weighted by atomic mass is 10.1. The Bertz CT molecular complexity index is 627. The van der Waals surface area contributed by atoms with Crippen LogP contribution < -0.4 is 15.0 Å². The van der Waals surface area contributed by atoms with Crippen LogP contribution in [0.2, 0.25) is 0 Å². The highest BCUT2D eigenvalue weighted by Crippen LogP contribution is 2.28. The van der Waals surface area contributed by atoms with Gasteiger partial charge in [-0.05, 0) is 26.1 Å². The second kappa shape index (κ2) is 6.14.